The topological polar surface area (TPSA) is 35.9 Å². The maximum absolute atomic E-state index is 12.5. The van der Waals surface area contributed by atoms with Gasteiger partial charge in [-0.1, -0.05) is 67.6 Å². The second kappa shape index (κ2) is 9.00. The van der Waals surface area contributed by atoms with E-state index in [-0.39, 0.29) is 6.03 Å². The van der Waals surface area contributed by atoms with Gasteiger partial charge in [0.05, 0.1) is 0 Å². The number of benzene rings is 3. The molecule has 3 aromatic rings. The summed E-state index contributed by atoms with van der Waals surface area (Å²) in [7, 11) is 3.41. The lowest BCUT2D eigenvalue weighted by atomic mass is 10.1. The molecule has 4 nitrogen and oxygen atoms in total. The number of urea groups is 1. The minimum atomic E-state index is -0.301. The van der Waals surface area contributed by atoms with Gasteiger partial charge in [-0.3, -0.25) is 4.90 Å². The van der Waals surface area contributed by atoms with Crippen LogP contribution in [0.25, 0.3) is 0 Å². The predicted octanol–water partition coefficient (Wildman–Crippen LogP) is 5.52. The first-order valence-electron chi connectivity index (χ1n) is 9.39. The van der Waals surface area contributed by atoms with Gasteiger partial charge < -0.3 is 4.90 Å². The maximum Gasteiger partial charge on any atom is 0.345 e. The van der Waals surface area contributed by atoms with Gasteiger partial charge in [-0.2, -0.15) is 4.99 Å². The number of hydrogen-bond acceptors (Lipinski definition) is 1. The van der Waals surface area contributed by atoms with Crippen molar-refractivity contribution in [3.05, 3.63) is 96.1 Å². The van der Waals surface area contributed by atoms with Crippen molar-refractivity contribution in [3.63, 3.8) is 0 Å². The molecule has 0 radical (unpaired) electrons. The first-order chi connectivity index (χ1) is 13.6. The van der Waals surface area contributed by atoms with Gasteiger partial charge in [-0.15, -0.1) is 0 Å². The third kappa shape index (κ3) is 4.46. The maximum atomic E-state index is 12.5. The van der Waals surface area contributed by atoms with E-state index >= 15 is 0 Å². The van der Waals surface area contributed by atoms with E-state index in [0.717, 1.165) is 23.4 Å². The highest BCUT2D eigenvalue weighted by Gasteiger charge is 2.20. The summed E-state index contributed by atoms with van der Waals surface area (Å²) >= 11 is 0. The Morgan fingerprint density at radius 2 is 1.32 bits per heavy atom. The number of nitrogens with zero attached hydrogens (tertiary/aromatic N) is 3. The Kier molecular flexibility index (Phi) is 6.22. The Morgan fingerprint density at radius 1 is 0.786 bits per heavy atom. The Balaban J connectivity index is 2.20. The molecule has 0 aromatic heterocycles. The normalized spacial score (nSPS) is 11.2. The van der Waals surface area contributed by atoms with E-state index in [0.29, 0.717) is 5.84 Å². The van der Waals surface area contributed by atoms with Gasteiger partial charge in [0.15, 0.2) is 5.84 Å². The van der Waals surface area contributed by atoms with E-state index in [1.54, 1.807) is 14.1 Å². The summed E-state index contributed by atoms with van der Waals surface area (Å²) in [5.74, 6) is 0.592. The van der Waals surface area contributed by atoms with E-state index in [9.17, 15) is 4.79 Å². The zero-order chi connectivity index (χ0) is 19.9. The molecule has 0 saturated heterocycles. The highest BCUT2D eigenvalue weighted by Crippen LogP contribution is 2.28. The number of rotatable bonds is 4. The fourth-order valence-electron chi connectivity index (χ4n) is 2.87. The Bertz CT molecular complexity index is 933. The summed E-state index contributed by atoms with van der Waals surface area (Å²) in [5, 5.41) is 0. The summed E-state index contributed by atoms with van der Waals surface area (Å²) in [6, 6.07) is 27.9. The molecule has 0 aliphatic heterocycles. The van der Waals surface area contributed by atoms with Crippen LogP contribution in [0.4, 0.5) is 16.2 Å². The van der Waals surface area contributed by atoms with Crippen LogP contribution in [0.15, 0.2) is 89.9 Å². The van der Waals surface area contributed by atoms with E-state index in [1.807, 2.05) is 65.6 Å². The lowest BCUT2D eigenvalue weighted by Gasteiger charge is -2.27. The summed E-state index contributed by atoms with van der Waals surface area (Å²) < 4.78 is 0. The van der Waals surface area contributed by atoms with Crippen molar-refractivity contribution in [2.45, 2.75) is 13.3 Å². The van der Waals surface area contributed by atoms with Crippen LogP contribution in [-0.2, 0) is 6.42 Å². The van der Waals surface area contributed by atoms with Crippen molar-refractivity contribution in [3.8, 4) is 0 Å². The molecule has 0 unspecified atom stereocenters. The molecule has 0 N–H and O–H groups in total. The minimum Gasteiger partial charge on any atom is -0.329 e. The highest BCUT2D eigenvalue weighted by atomic mass is 16.2. The van der Waals surface area contributed by atoms with Crippen molar-refractivity contribution in [2.75, 3.05) is 19.0 Å². The van der Waals surface area contributed by atoms with Gasteiger partial charge in [0, 0.05) is 31.0 Å². The third-order valence-corrected chi connectivity index (χ3v) is 4.45. The minimum absolute atomic E-state index is 0.301. The first-order valence-corrected chi connectivity index (χ1v) is 9.39. The quantitative estimate of drug-likeness (QED) is 0.447. The smallest absolute Gasteiger partial charge is 0.329 e. The van der Waals surface area contributed by atoms with Crippen LogP contribution in [0.3, 0.4) is 0 Å². The molecule has 142 valence electrons. The molecule has 28 heavy (non-hydrogen) atoms. The fourth-order valence-corrected chi connectivity index (χ4v) is 2.87. The summed E-state index contributed by atoms with van der Waals surface area (Å²) in [6.07, 6.45) is 0.977. The van der Waals surface area contributed by atoms with E-state index in [1.165, 1.54) is 10.5 Å². The second-order valence-electron chi connectivity index (χ2n) is 6.67. The molecule has 0 saturated carbocycles. The van der Waals surface area contributed by atoms with Crippen LogP contribution in [0.5, 0.6) is 0 Å². The van der Waals surface area contributed by atoms with Gasteiger partial charge in [-0.25, -0.2) is 4.79 Å². The third-order valence-electron chi connectivity index (χ3n) is 4.45. The number of hydrogen-bond donors (Lipinski definition) is 0. The number of aryl methyl sites for hydroxylation is 1. The Morgan fingerprint density at radius 3 is 1.86 bits per heavy atom. The van der Waals surface area contributed by atoms with Crippen molar-refractivity contribution in [2.24, 2.45) is 4.99 Å². The molecule has 0 aliphatic carbocycles. The van der Waals surface area contributed by atoms with Crippen LogP contribution in [-0.4, -0.2) is 30.9 Å². The molecule has 0 aliphatic rings. The average molecular weight is 371 g/mol. The highest BCUT2D eigenvalue weighted by molar-refractivity contribution is 6.17. The Labute approximate surface area is 166 Å². The molecule has 2 amide bonds. The van der Waals surface area contributed by atoms with E-state index < -0.39 is 0 Å². The van der Waals surface area contributed by atoms with Gasteiger partial charge in [0.2, 0.25) is 0 Å². The molecule has 3 rings (SSSR count). The first kappa shape index (κ1) is 19.4. The number of aliphatic imine (C=N–C) groups is 1. The van der Waals surface area contributed by atoms with Crippen molar-refractivity contribution >= 4 is 23.2 Å². The van der Waals surface area contributed by atoms with Gasteiger partial charge in [0.1, 0.15) is 0 Å². The molecule has 0 fully saturated rings. The molecule has 4 heteroatoms. The number of para-hydroxylation sites is 1. The molecular weight excluding hydrogens is 346 g/mol. The SMILES string of the molecule is CCc1ccc(N(/C(=N/C(=O)N(C)C)c2ccccc2)c2ccccc2)cc1. The number of amides is 2. The largest absolute Gasteiger partial charge is 0.345 e. The summed E-state index contributed by atoms with van der Waals surface area (Å²) in [5.41, 5.74) is 4.04. The van der Waals surface area contributed by atoms with Crippen LogP contribution in [0, 0.1) is 0 Å². The van der Waals surface area contributed by atoms with E-state index in [2.05, 4.69) is 36.2 Å². The second-order valence-corrected chi connectivity index (χ2v) is 6.67. The number of anilines is 2. The van der Waals surface area contributed by atoms with E-state index in [4.69, 9.17) is 0 Å². The van der Waals surface area contributed by atoms with Gasteiger partial charge in [0.25, 0.3) is 0 Å². The van der Waals surface area contributed by atoms with Crippen LogP contribution in [0.2, 0.25) is 0 Å². The molecule has 0 atom stereocenters. The molecule has 3 aromatic carbocycles. The van der Waals surface area contributed by atoms with Crippen molar-refractivity contribution < 1.29 is 4.79 Å². The number of carbonyl (C=O) groups is 1. The van der Waals surface area contributed by atoms with Crippen LogP contribution < -0.4 is 4.90 Å². The monoisotopic (exact) mass is 371 g/mol. The zero-order valence-corrected chi connectivity index (χ0v) is 16.5. The van der Waals surface area contributed by atoms with Gasteiger partial charge in [-0.05, 0) is 36.2 Å². The lowest BCUT2D eigenvalue weighted by Crippen LogP contribution is -2.30. The summed E-state index contributed by atoms with van der Waals surface area (Å²) in [4.78, 5) is 20.5. The van der Waals surface area contributed by atoms with Crippen LogP contribution in [0.1, 0.15) is 18.1 Å². The molecule has 0 heterocycles. The van der Waals surface area contributed by atoms with Gasteiger partial charge >= 0.3 is 6.03 Å². The van der Waals surface area contributed by atoms with Crippen molar-refractivity contribution in [1.82, 2.24) is 4.90 Å². The fraction of sp³-hybridized carbons (Fsp3) is 0.167. The van der Waals surface area contributed by atoms with Crippen LogP contribution >= 0.6 is 0 Å². The molecule has 0 bridgehead atoms. The lowest BCUT2D eigenvalue weighted by molar-refractivity contribution is 0.227. The average Bonchev–Trinajstić information content (AvgIpc) is 2.75. The number of amidine groups is 1. The molecular formula is C24H25N3O. The summed E-state index contributed by atoms with van der Waals surface area (Å²) in [6.45, 7) is 2.14. The predicted molar refractivity (Wildman–Crippen MR) is 116 cm³/mol. The van der Waals surface area contributed by atoms with Crippen molar-refractivity contribution in [1.29, 1.82) is 0 Å². The zero-order valence-electron chi connectivity index (χ0n) is 16.5. The Hall–Kier alpha value is -3.40. The standard InChI is InChI=1S/C24H25N3O/c1-4-19-15-17-22(18-16-19)27(21-13-9-6-10-14-21)23(25-24(28)26(2)3)20-11-7-5-8-12-20/h5-18H,4H2,1-3H3/b25-23+. The number of carbonyl (C=O) groups excluding carboxylic acids is 1. The molecule has 0 spiro atoms.